The number of nitro benzene ring substituents is 1. The van der Waals surface area contributed by atoms with Gasteiger partial charge in [-0.3, -0.25) is 14.9 Å². The maximum Gasteiger partial charge on any atom is 0.280 e. The van der Waals surface area contributed by atoms with Gasteiger partial charge in [-0.2, -0.15) is 0 Å². The lowest BCUT2D eigenvalue weighted by Gasteiger charge is -2.10. The molecule has 2 aromatic carbocycles. The van der Waals surface area contributed by atoms with E-state index in [2.05, 4.69) is 13.8 Å². The normalized spacial score (nSPS) is 10.4. The zero-order valence-corrected chi connectivity index (χ0v) is 11.8. The van der Waals surface area contributed by atoms with Crippen LogP contribution in [0.5, 0.6) is 11.5 Å². The predicted molar refractivity (Wildman–Crippen MR) is 79.1 cm³/mol. The highest BCUT2D eigenvalue weighted by Crippen LogP contribution is 2.28. The number of nitrogens with zero attached hydrogens (tertiary/aromatic N) is 1. The first-order valence-electron chi connectivity index (χ1n) is 6.52. The highest BCUT2D eigenvalue weighted by atomic mass is 16.6. The summed E-state index contributed by atoms with van der Waals surface area (Å²) in [6.07, 6.45) is 0.454. The zero-order chi connectivity index (χ0) is 15.4. The van der Waals surface area contributed by atoms with Gasteiger partial charge in [-0.25, -0.2) is 0 Å². The number of aldehydes is 1. The van der Waals surface area contributed by atoms with Crippen LogP contribution in [0.15, 0.2) is 42.5 Å². The van der Waals surface area contributed by atoms with Gasteiger partial charge in [-0.05, 0) is 35.7 Å². The second-order valence-corrected chi connectivity index (χ2v) is 4.92. The van der Waals surface area contributed by atoms with Crippen LogP contribution in [-0.4, -0.2) is 11.2 Å². The summed E-state index contributed by atoms with van der Waals surface area (Å²) in [6.45, 7) is 4.16. The van der Waals surface area contributed by atoms with E-state index in [0.29, 0.717) is 23.7 Å². The Morgan fingerprint density at radius 1 is 1.14 bits per heavy atom. The summed E-state index contributed by atoms with van der Waals surface area (Å²) in [7, 11) is 0. The molecule has 0 fully saturated rings. The molecular formula is C16H15NO4. The highest BCUT2D eigenvalue weighted by Gasteiger charge is 2.14. The van der Waals surface area contributed by atoms with Crippen LogP contribution >= 0.6 is 0 Å². The topological polar surface area (TPSA) is 69.4 Å². The van der Waals surface area contributed by atoms with Crippen molar-refractivity contribution in [2.75, 3.05) is 0 Å². The molecule has 0 atom stereocenters. The van der Waals surface area contributed by atoms with Gasteiger partial charge in [0.2, 0.25) is 0 Å². The highest BCUT2D eigenvalue weighted by molar-refractivity contribution is 5.82. The van der Waals surface area contributed by atoms with Crippen LogP contribution in [0.1, 0.15) is 35.7 Å². The SMILES string of the molecule is CC(C)c1cccc(Oc2ccc([N+](=O)[O-])c(C=O)c2)c1. The van der Waals surface area contributed by atoms with E-state index in [4.69, 9.17) is 4.74 Å². The summed E-state index contributed by atoms with van der Waals surface area (Å²) < 4.78 is 5.66. The van der Waals surface area contributed by atoms with Crippen molar-refractivity contribution in [3.8, 4) is 11.5 Å². The molecule has 0 spiro atoms. The monoisotopic (exact) mass is 285 g/mol. The number of nitro groups is 1. The first-order chi connectivity index (χ1) is 10.0. The van der Waals surface area contributed by atoms with Crippen LogP contribution in [0.4, 0.5) is 5.69 Å². The standard InChI is InChI=1S/C16H15NO4/c1-11(2)12-4-3-5-14(8-12)21-15-6-7-16(17(19)20)13(9-15)10-18/h3-11H,1-2H3. The minimum absolute atomic E-state index is 0.00230. The molecule has 5 nitrogen and oxygen atoms in total. The second kappa shape index (κ2) is 6.17. The molecule has 0 aliphatic carbocycles. The maximum absolute atomic E-state index is 10.9. The molecule has 0 aromatic heterocycles. The number of carbonyl (C=O) groups excluding carboxylic acids is 1. The lowest BCUT2D eigenvalue weighted by Crippen LogP contribution is -1.95. The molecule has 0 heterocycles. The van der Waals surface area contributed by atoms with Gasteiger partial charge in [-0.15, -0.1) is 0 Å². The van der Waals surface area contributed by atoms with E-state index in [1.165, 1.54) is 18.2 Å². The molecule has 0 amide bonds. The van der Waals surface area contributed by atoms with Crippen LogP contribution in [0.25, 0.3) is 0 Å². The fourth-order valence-corrected chi connectivity index (χ4v) is 1.93. The lowest BCUT2D eigenvalue weighted by molar-refractivity contribution is -0.385. The van der Waals surface area contributed by atoms with Crippen molar-refractivity contribution in [2.45, 2.75) is 19.8 Å². The van der Waals surface area contributed by atoms with E-state index in [-0.39, 0.29) is 11.3 Å². The quantitative estimate of drug-likeness (QED) is 0.466. The molecule has 0 aliphatic heterocycles. The molecule has 2 rings (SSSR count). The Balaban J connectivity index is 2.29. The number of ether oxygens (including phenoxy) is 1. The Morgan fingerprint density at radius 2 is 1.86 bits per heavy atom. The van der Waals surface area contributed by atoms with Gasteiger partial charge < -0.3 is 4.74 Å². The Labute approximate surface area is 122 Å². The maximum atomic E-state index is 10.9. The van der Waals surface area contributed by atoms with Crippen LogP contribution in [0.2, 0.25) is 0 Å². The summed E-state index contributed by atoms with van der Waals surface area (Å²) in [5.74, 6) is 1.39. The molecular weight excluding hydrogens is 270 g/mol. The number of benzene rings is 2. The van der Waals surface area contributed by atoms with E-state index in [9.17, 15) is 14.9 Å². The summed E-state index contributed by atoms with van der Waals surface area (Å²) >= 11 is 0. The third-order valence-electron chi connectivity index (χ3n) is 3.08. The first-order valence-corrected chi connectivity index (χ1v) is 6.52. The lowest BCUT2D eigenvalue weighted by atomic mass is 10.0. The second-order valence-electron chi connectivity index (χ2n) is 4.92. The molecule has 0 saturated carbocycles. The van der Waals surface area contributed by atoms with Crippen molar-refractivity contribution >= 4 is 12.0 Å². The van der Waals surface area contributed by atoms with E-state index in [1.807, 2.05) is 18.2 Å². The van der Waals surface area contributed by atoms with Crippen LogP contribution < -0.4 is 4.74 Å². The molecule has 0 bridgehead atoms. The average molecular weight is 285 g/mol. The van der Waals surface area contributed by atoms with Crippen LogP contribution in [-0.2, 0) is 0 Å². The van der Waals surface area contributed by atoms with Crippen LogP contribution in [0, 0.1) is 10.1 Å². The minimum Gasteiger partial charge on any atom is -0.457 e. The van der Waals surface area contributed by atoms with E-state index in [1.54, 1.807) is 6.07 Å². The molecule has 0 N–H and O–H groups in total. The van der Waals surface area contributed by atoms with Gasteiger partial charge in [0.25, 0.3) is 5.69 Å². The summed E-state index contributed by atoms with van der Waals surface area (Å²) in [5.41, 5.74) is 0.899. The fourth-order valence-electron chi connectivity index (χ4n) is 1.93. The molecule has 5 heteroatoms. The van der Waals surface area contributed by atoms with Crippen molar-refractivity contribution in [1.82, 2.24) is 0 Å². The first kappa shape index (κ1) is 14.7. The predicted octanol–water partition coefficient (Wildman–Crippen LogP) is 4.32. The van der Waals surface area contributed by atoms with Gasteiger partial charge in [0.15, 0.2) is 6.29 Å². The fraction of sp³-hybridized carbons (Fsp3) is 0.188. The molecule has 0 saturated heterocycles. The largest absolute Gasteiger partial charge is 0.457 e. The Hall–Kier alpha value is -2.69. The van der Waals surface area contributed by atoms with Crippen LogP contribution in [0.3, 0.4) is 0 Å². The van der Waals surface area contributed by atoms with Gasteiger partial charge >= 0.3 is 0 Å². The third kappa shape index (κ3) is 3.45. The Morgan fingerprint density at radius 3 is 2.48 bits per heavy atom. The van der Waals surface area contributed by atoms with Crippen molar-refractivity contribution in [2.24, 2.45) is 0 Å². The van der Waals surface area contributed by atoms with Gasteiger partial charge in [-0.1, -0.05) is 26.0 Å². The minimum atomic E-state index is -0.590. The smallest absolute Gasteiger partial charge is 0.280 e. The number of carbonyl (C=O) groups is 1. The third-order valence-corrected chi connectivity index (χ3v) is 3.08. The molecule has 0 aliphatic rings. The Bertz CT molecular complexity index is 680. The summed E-state index contributed by atoms with van der Waals surface area (Å²) in [6, 6.07) is 11.7. The summed E-state index contributed by atoms with van der Waals surface area (Å²) in [5, 5.41) is 10.8. The van der Waals surface area contributed by atoms with Crippen molar-refractivity contribution < 1.29 is 14.5 Å². The Kier molecular flexibility index (Phi) is 4.33. The molecule has 108 valence electrons. The van der Waals surface area contributed by atoms with Crippen molar-refractivity contribution in [3.63, 3.8) is 0 Å². The van der Waals surface area contributed by atoms with Crippen molar-refractivity contribution in [1.29, 1.82) is 0 Å². The number of rotatable bonds is 5. The molecule has 0 radical (unpaired) electrons. The van der Waals surface area contributed by atoms with Gasteiger partial charge in [0.05, 0.1) is 10.5 Å². The number of hydrogen-bond donors (Lipinski definition) is 0. The van der Waals surface area contributed by atoms with E-state index >= 15 is 0 Å². The summed E-state index contributed by atoms with van der Waals surface area (Å²) in [4.78, 5) is 21.1. The molecule has 0 unspecified atom stereocenters. The average Bonchev–Trinajstić information content (AvgIpc) is 2.47. The molecule has 21 heavy (non-hydrogen) atoms. The van der Waals surface area contributed by atoms with Crippen molar-refractivity contribution in [3.05, 3.63) is 63.7 Å². The zero-order valence-electron chi connectivity index (χ0n) is 11.8. The van der Waals surface area contributed by atoms with E-state index < -0.39 is 4.92 Å². The van der Waals surface area contributed by atoms with Gasteiger partial charge in [0, 0.05) is 6.07 Å². The van der Waals surface area contributed by atoms with E-state index in [0.717, 1.165) is 5.56 Å². The number of hydrogen-bond acceptors (Lipinski definition) is 4. The molecule has 2 aromatic rings. The van der Waals surface area contributed by atoms with Gasteiger partial charge in [0.1, 0.15) is 11.5 Å².